The van der Waals surface area contributed by atoms with Crippen LogP contribution in [0.3, 0.4) is 0 Å². The third-order valence-corrected chi connectivity index (χ3v) is 12.2. The van der Waals surface area contributed by atoms with Gasteiger partial charge < -0.3 is 20.7 Å². The van der Waals surface area contributed by atoms with E-state index in [1.807, 2.05) is 13.8 Å². The summed E-state index contributed by atoms with van der Waals surface area (Å²) < 4.78 is 32.4. The van der Waals surface area contributed by atoms with E-state index in [1.165, 1.54) is 55.9 Å². The van der Waals surface area contributed by atoms with E-state index < -0.39 is 15.1 Å². The van der Waals surface area contributed by atoms with E-state index in [0.29, 0.717) is 29.5 Å². The third-order valence-electron chi connectivity index (χ3n) is 9.70. The topological polar surface area (TPSA) is 105 Å². The Kier molecular flexibility index (Phi) is 9.65. The van der Waals surface area contributed by atoms with Crippen molar-refractivity contribution in [2.24, 2.45) is 11.8 Å². The van der Waals surface area contributed by atoms with E-state index in [-0.39, 0.29) is 16.0 Å². The summed E-state index contributed by atoms with van der Waals surface area (Å²) in [6.45, 7) is 9.53. The number of para-hydroxylation sites is 1. The standard InChI is InChI=1S/C36H46ClN5O3S/c1-21(2)45-33-19-27(26-17-30(24-10-8-11-24)39-31(18-26)25-12-9-13-25)23(5)16-32(33)41-36-38-20-28(37)35(42-36)40-29-14-6-7-15-34(29)46(43,44)22(3)4/h6-7,14-17,19-22,24-25,30-31,39H,8-13,18H2,1-5H3,(H2,38,40,41,42)/t30-,31+/m0/s1. The van der Waals surface area contributed by atoms with Gasteiger partial charge >= 0.3 is 0 Å². The van der Waals surface area contributed by atoms with E-state index in [9.17, 15) is 8.42 Å². The molecule has 3 aromatic rings. The number of anilines is 4. The number of aromatic nitrogens is 2. The van der Waals surface area contributed by atoms with Gasteiger partial charge in [0.25, 0.3) is 0 Å². The fourth-order valence-electron chi connectivity index (χ4n) is 6.61. The first-order valence-corrected chi connectivity index (χ1v) is 18.6. The van der Waals surface area contributed by atoms with Gasteiger partial charge in [-0.15, -0.1) is 0 Å². The number of halogens is 1. The molecule has 2 fully saturated rings. The lowest BCUT2D eigenvalue weighted by Crippen LogP contribution is -2.50. The van der Waals surface area contributed by atoms with Crippen molar-refractivity contribution in [1.29, 1.82) is 0 Å². The summed E-state index contributed by atoms with van der Waals surface area (Å²) in [5.74, 6) is 2.84. The first-order valence-electron chi connectivity index (χ1n) is 16.7. The number of ether oxygens (including phenoxy) is 1. The van der Waals surface area contributed by atoms with Gasteiger partial charge in [-0.2, -0.15) is 4.98 Å². The van der Waals surface area contributed by atoms with Crippen molar-refractivity contribution < 1.29 is 13.2 Å². The molecule has 0 spiro atoms. The molecule has 8 nitrogen and oxygen atoms in total. The molecule has 46 heavy (non-hydrogen) atoms. The minimum atomic E-state index is -3.54. The molecule has 0 amide bonds. The Morgan fingerprint density at radius 3 is 2.35 bits per heavy atom. The fraction of sp³-hybridized carbons (Fsp3) is 0.500. The van der Waals surface area contributed by atoms with Gasteiger partial charge in [0.05, 0.1) is 33.8 Å². The number of nitrogens with zero attached hydrogens (tertiary/aromatic N) is 2. The van der Waals surface area contributed by atoms with Crippen LogP contribution in [0.25, 0.3) is 5.57 Å². The van der Waals surface area contributed by atoms with Gasteiger partial charge in [0.1, 0.15) is 10.8 Å². The smallest absolute Gasteiger partial charge is 0.229 e. The molecule has 6 rings (SSSR count). The number of nitrogens with one attached hydrogen (secondary N) is 3. The SMILES string of the molecule is Cc1cc(Nc2ncc(Cl)c(Nc3ccccc3S(=O)(=O)C(C)C)n2)c(OC(C)C)cc1C1=C[C@@H](C2CCC2)N[C@@H](C2CCC2)C1. The number of aryl methyl sites for hydroxylation is 1. The molecule has 2 heterocycles. The number of hydrogen-bond acceptors (Lipinski definition) is 8. The van der Waals surface area contributed by atoms with Crippen LogP contribution in [0.5, 0.6) is 5.75 Å². The normalized spacial score (nSPS) is 20.7. The molecule has 2 aromatic carbocycles. The molecule has 3 aliphatic rings. The predicted molar refractivity (Wildman–Crippen MR) is 187 cm³/mol. The Labute approximate surface area is 278 Å². The summed E-state index contributed by atoms with van der Waals surface area (Å²) in [6.07, 6.45) is 12.9. The fourth-order valence-corrected chi connectivity index (χ4v) is 7.95. The van der Waals surface area contributed by atoms with Gasteiger partial charge in [0, 0.05) is 12.1 Å². The molecule has 3 N–H and O–H groups in total. The first kappa shape index (κ1) is 32.8. The molecule has 0 radical (unpaired) electrons. The summed E-state index contributed by atoms with van der Waals surface area (Å²) in [5, 5.41) is 10.2. The second kappa shape index (κ2) is 13.5. The average Bonchev–Trinajstić information content (AvgIpc) is 2.94. The third kappa shape index (κ3) is 6.92. The molecular weight excluding hydrogens is 618 g/mol. The predicted octanol–water partition coefficient (Wildman–Crippen LogP) is 8.61. The average molecular weight is 664 g/mol. The van der Waals surface area contributed by atoms with Crippen molar-refractivity contribution in [2.75, 3.05) is 10.6 Å². The Balaban J connectivity index is 1.30. The van der Waals surface area contributed by atoms with Crippen LogP contribution < -0.4 is 20.7 Å². The molecule has 0 unspecified atom stereocenters. The van der Waals surface area contributed by atoms with Crippen LogP contribution in [-0.2, 0) is 9.84 Å². The lowest BCUT2D eigenvalue weighted by atomic mass is 9.71. The van der Waals surface area contributed by atoms with Gasteiger partial charge in [-0.3, -0.25) is 0 Å². The van der Waals surface area contributed by atoms with Crippen molar-refractivity contribution >= 4 is 50.2 Å². The molecule has 1 aromatic heterocycles. The minimum absolute atomic E-state index is 0.0358. The highest BCUT2D eigenvalue weighted by atomic mass is 35.5. The van der Waals surface area contributed by atoms with E-state index in [0.717, 1.165) is 35.3 Å². The van der Waals surface area contributed by atoms with Gasteiger partial charge in [-0.25, -0.2) is 13.4 Å². The Hall–Kier alpha value is -3.14. The van der Waals surface area contributed by atoms with Gasteiger partial charge in [0.2, 0.25) is 5.95 Å². The molecule has 10 heteroatoms. The minimum Gasteiger partial charge on any atom is -0.489 e. The van der Waals surface area contributed by atoms with Gasteiger partial charge in [0.15, 0.2) is 15.7 Å². The maximum atomic E-state index is 13.0. The quantitative estimate of drug-likeness (QED) is 0.187. The van der Waals surface area contributed by atoms with Crippen molar-refractivity contribution in [2.45, 2.75) is 108 Å². The summed E-state index contributed by atoms with van der Waals surface area (Å²) in [7, 11) is -3.54. The number of rotatable bonds is 11. The Bertz CT molecular complexity index is 1720. The molecule has 2 atom stereocenters. The molecule has 1 aliphatic heterocycles. The maximum absolute atomic E-state index is 13.0. The van der Waals surface area contributed by atoms with Crippen LogP contribution in [-0.4, -0.2) is 41.8 Å². The van der Waals surface area contributed by atoms with Gasteiger partial charge in [-0.05, 0) is 120 Å². The zero-order valence-electron chi connectivity index (χ0n) is 27.4. The highest BCUT2D eigenvalue weighted by Gasteiger charge is 2.36. The van der Waals surface area contributed by atoms with E-state index in [4.69, 9.17) is 16.3 Å². The number of hydrogen-bond donors (Lipinski definition) is 3. The largest absolute Gasteiger partial charge is 0.489 e. The Morgan fingerprint density at radius 1 is 0.978 bits per heavy atom. The number of sulfone groups is 1. The van der Waals surface area contributed by atoms with E-state index >= 15 is 0 Å². The molecule has 2 aliphatic carbocycles. The summed E-state index contributed by atoms with van der Waals surface area (Å²) in [5.41, 5.74) is 4.97. The highest BCUT2D eigenvalue weighted by Crippen LogP contribution is 2.43. The molecule has 0 bridgehead atoms. The lowest BCUT2D eigenvalue weighted by Gasteiger charge is -2.44. The molecule has 0 saturated heterocycles. The van der Waals surface area contributed by atoms with Crippen molar-refractivity contribution in [3.63, 3.8) is 0 Å². The Morgan fingerprint density at radius 2 is 1.70 bits per heavy atom. The summed E-state index contributed by atoms with van der Waals surface area (Å²) in [4.78, 5) is 9.28. The van der Waals surface area contributed by atoms with Crippen molar-refractivity contribution in [3.05, 3.63) is 64.8 Å². The summed E-state index contributed by atoms with van der Waals surface area (Å²) in [6, 6.07) is 12.0. The van der Waals surface area contributed by atoms with Crippen LogP contribution in [0.15, 0.2) is 53.6 Å². The number of benzene rings is 2. The van der Waals surface area contributed by atoms with Crippen LogP contribution in [0.2, 0.25) is 5.02 Å². The van der Waals surface area contributed by atoms with E-state index in [1.54, 1.807) is 38.1 Å². The van der Waals surface area contributed by atoms with Crippen molar-refractivity contribution in [3.8, 4) is 5.75 Å². The van der Waals surface area contributed by atoms with Gasteiger partial charge in [-0.1, -0.05) is 42.7 Å². The lowest BCUT2D eigenvalue weighted by molar-refractivity contribution is 0.177. The molecule has 246 valence electrons. The van der Waals surface area contributed by atoms with E-state index in [2.05, 4.69) is 51.1 Å². The first-order chi connectivity index (χ1) is 22.0. The zero-order valence-corrected chi connectivity index (χ0v) is 29.0. The highest BCUT2D eigenvalue weighted by molar-refractivity contribution is 7.92. The van der Waals surface area contributed by atoms with Crippen LogP contribution in [0.4, 0.5) is 23.1 Å². The summed E-state index contributed by atoms with van der Waals surface area (Å²) >= 11 is 6.51. The molecule has 2 saturated carbocycles. The maximum Gasteiger partial charge on any atom is 0.229 e. The van der Waals surface area contributed by atoms with Crippen LogP contribution in [0, 0.1) is 18.8 Å². The van der Waals surface area contributed by atoms with Crippen LogP contribution >= 0.6 is 11.6 Å². The van der Waals surface area contributed by atoms with Crippen LogP contribution in [0.1, 0.15) is 83.8 Å². The van der Waals surface area contributed by atoms with Crippen molar-refractivity contribution in [1.82, 2.24) is 15.3 Å². The second-order valence-corrected chi connectivity index (χ2v) is 16.5. The zero-order chi connectivity index (χ0) is 32.6. The monoisotopic (exact) mass is 663 g/mol. The second-order valence-electron chi connectivity index (χ2n) is 13.6. The molecular formula is C36H46ClN5O3S.